The minimum atomic E-state index is -4.16. The summed E-state index contributed by atoms with van der Waals surface area (Å²) in [6.45, 7) is 5.65. The average molecular weight is 586 g/mol. The summed E-state index contributed by atoms with van der Waals surface area (Å²) in [6.07, 6.45) is 1.10. The van der Waals surface area contributed by atoms with Crippen LogP contribution in [0, 0.1) is 6.92 Å². The van der Waals surface area contributed by atoms with Gasteiger partial charge in [-0.05, 0) is 73.4 Å². The number of para-hydroxylation sites is 1. The average Bonchev–Trinajstić information content (AvgIpc) is 2.95. The third-order valence-electron chi connectivity index (χ3n) is 6.51. The van der Waals surface area contributed by atoms with Gasteiger partial charge in [0.15, 0.2) is 0 Å². The number of halogens is 1. The standard InChI is InChI=1S/C30H36ClN3O5S/c1-5-19-32-30(36)27(6-2)33(20-23-11-15-25(39-4)16-12-23)29(35)21-34(28-10-8-7-9-22(28)3)40(37,38)26-17-13-24(31)14-18-26/h7-18,27H,5-6,19-21H2,1-4H3,(H,32,36)/t27-/m1/s1. The molecule has 214 valence electrons. The fourth-order valence-electron chi connectivity index (χ4n) is 4.30. The first-order chi connectivity index (χ1) is 19.1. The number of sulfonamides is 1. The lowest BCUT2D eigenvalue weighted by molar-refractivity contribution is -0.140. The number of carbonyl (C=O) groups excluding carboxylic acids is 2. The number of nitrogens with one attached hydrogen (secondary N) is 1. The molecule has 40 heavy (non-hydrogen) atoms. The Kier molecular flexibility index (Phi) is 11.0. The van der Waals surface area contributed by atoms with E-state index in [2.05, 4.69) is 5.32 Å². The molecule has 2 amide bonds. The zero-order valence-electron chi connectivity index (χ0n) is 23.3. The van der Waals surface area contributed by atoms with Crippen molar-refractivity contribution in [1.82, 2.24) is 10.2 Å². The molecule has 0 bridgehead atoms. The van der Waals surface area contributed by atoms with Crippen LogP contribution in [0.1, 0.15) is 37.8 Å². The van der Waals surface area contributed by atoms with E-state index in [1.165, 1.54) is 29.2 Å². The van der Waals surface area contributed by atoms with Crippen LogP contribution in [0.25, 0.3) is 0 Å². The summed E-state index contributed by atoms with van der Waals surface area (Å²) in [4.78, 5) is 28.7. The van der Waals surface area contributed by atoms with Crippen molar-refractivity contribution in [2.24, 2.45) is 0 Å². The highest BCUT2D eigenvalue weighted by Crippen LogP contribution is 2.28. The summed E-state index contributed by atoms with van der Waals surface area (Å²) in [5.41, 5.74) is 1.83. The molecule has 0 unspecified atom stereocenters. The highest BCUT2D eigenvalue weighted by molar-refractivity contribution is 7.92. The molecule has 0 saturated heterocycles. The van der Waals surface area contributed by atoms with E-state index in [0.29, 0.717) is 35.0 Å². The van der Waals surface area contributed by atoms with E-state index >= 15 is 0 Å². The van der Waals surface area contributed by atoms with Crippen LogP contribution >= 0.6 is 11.6 Å². The van der Waals surface area contributed by atoms with Crippen molar-refractivity contribution in [3.63, 3.8) is 0 Å². The summed E-state index contributed by atoms with van der Waals surface area (Å²) in [5.74, 6) is -0.126. The SMILES string of the molecule is CCCNC(=O)[C@@H](CC)N(Cc1ccc(OC)cc1)C(=O)CN(c1ccccc1C)S(=O)(=O)c1ccc(Cl)cc1. The molecule has 10 heteroatoms. The van der Waals surface area contributed by atoms with Gasteiger partial charge in [0.2, 0.25) is 11.8 Å². The van der Waals surface area contributed by atoms with Crippen molar-refractivity contribution < 1.29 is 22.7 Å². The van der Waals surface area contributed by atoms with Crippen molar-refractivity contribution in [3.8, 4) is 5.75 Å². The van der Waals surface area contributed by atoms with Gasteiger partial charge < -0.3 is 15.0 Å². The van der Waals surface area contributed by atoms with E-state index in [9.17, 15) is 18.0 Å². The predicted molar refractivity (Wildman–Crippen MR) is 158 cm³/mol. The molecule has 8 nitrogen and oxygen atoms in total. The van der Waals surface area contributed by atoms with Crippen LogP contribution < -0.4 is 14.4 Å². The van der Waals surface area contributed by atoms with E-state index in [4.69, 9.17) is 16.3 Å². The Balaban J connectivity index is 2.05. The van der Waals surface area contributed by atoms with Gasteiger partial charge in [-0.15, -0.1) is 0 Å². The predicted octanol–water partition coefficient (Wildman–Crippen LogP) is 5.19. The third kappa shape index (κ3) is 7.55. The lowest BCUT2D eigenvalue weighted by Gasteiger charge is -2.33. The van der Waals surface area contributed by atoms with Crippen LogP contribution in [0.2, 0.25) is 5.02 Å². The van der Waals surface area contributed by atoms with Gasteiger partial charge in [0.25, 0.3) is 10.0 Å². The molecule has 3 aromatic carbocycles. The van der Waals surface area contributed by atoms with Crippen molar-refractivity contribution >= 4 is 39.1 Å². The molecule has 0 fully saturated rings. The van der Waals surface area contributed by atoms with Crippen molar-refractivity contribution in [3.05, 3.63) is 88.9 Å². The van der Waals surface area contributed by atoms with Crippen LogP contribution in [0.4, 0.5) is 5.69 Å². The summed E-state index contributed by atoms with van der Waals surface area (Å²) in [7, 11) is -2.59. The maximum atomic E-state index is 14.1. The molecule has 1 N–H and O–H groups in total. The molecule has 3 rings (SSSR count). The van der Waals surface area contributed by atoms with Gasteiger partial charge in [0.1, 0.15) is 18.3 Å². The number of benzene rings is 3. The van der Waals surface area contributed by atoms with Gasteiger partial charge in [-0.2, -0.15) is 0 Å². The van der Waals surface area contributed by atoms with Crippen LogP contribution in [0.15, 0.2) is 77.7 Å². The van der Waals surface area contributed by atoms with Crippen LogP contribution in [-0.4, -0.2) is 51.4 Å². The Labute approximate surface area is 241 Å². The van der Waals surface area contributed by atoms with Gasteiger partial charge in [0, 0.05) is 18.1 Å². The number of anilines is 1. The highest BCUT2D eigenvalue weighted by atomic mass is 35.5. The molecule has 0 aliphatic rings. The Morgan fingerprint density at radius 1 is 0.975 bits per heavy atom. The largest absolute Gasteiger partial charge is 0.497 e. The number of rotatable bonds is 13. The first kappa shape index (κ1) is 31.0. The van der Waals surface area contributed by atoms with Crippen molar-refractivity contribution in [2.45, 2.75) is 51.1 Å². The molecule has 3 aromatic rings. The molecule has 1 atom stereocenters. The van der Waals surface area contributed by atoms with Gasteiger partial charge in [-0.25, -0.2) is 8.42 Å². The summed E-state index contributed by atoms with van der Waals surface area (Å²) >= 11 is 6.01. The molecule has 0 aromatic heterocycles. The third-order valence-corrected chi connectivity index (χ3v) is 8.54. The Morgan fingerprint density at radius 2 is 1.62 bits per heavy atom. The number of aryl methyl sites for hydroxylation is 1. The molecule has 0 aliphatic heterocycles. The van der Waals surface area contributed by atoms with Crippen LogP contribution in [0.5, 0.6) is 5.75 Å². The highest BCUT2D eigenvalue weighted by Gasteiger charge is 2.34. The Hall–Kier alpha value is -3.56. The number of methoxy groups -OCH3 is 1. The second-order valence-corrected chi connectivity index (χ2v) is 11.6. The normalized spacial score (nSPS) is 11.9. The Morgan fingerprint density at radius 3 is 2.20 bits per heavy atom. The van der Waals surface area contributed by atoms with Gasteiger partial charge in [-0.1, -0.05) is 55.8 Å². The molecular weight excluding hydrogens is 550 g/mol. The van der Waals surface area contributed by atoms with E-state index in [0.717, 1.165) is 16.3 Å². The summed E-state index contributed by atoms with van der Waals surface area (Å²) in [6, 6.07) is 19.2. The van der Waals surface area contributed by atoms with Crippen molar-refractivity contribution in [1.29, 1.82) is 0 Å². The zero-order chi connectivity index (χ0) is 29.3. The van der Waals surface area contributed by atoms with E-state index in [1.807, 2.05) is 26.0 Å². The van der Waals surface area contributed by atoms with Gasteiger partial charge in [0.05, 0.1) is 17.7 Å². The smallest absolute Gasteiger partial charge is 0.264 e. The first-order valence-corrected chi connectivity index (χ1v) is 15.0. The number of hydrogen-bond acceptors (Lipinski definition) is 5. The van der Waals surface area contributed by atoms with Crippen molar-refractivity contribution in [2.75, 3.05) is 24.5 Å². The molecular formula is C30H36ClN3O5S. The lowest BCUT2D eigenvalue weighted by Crippen LogP contribution is -2.52. The molecule has 0 radical (unpaired) electrons. The zero-order valence-corrected chi connectivity index (χ0v) is 24.8. The summed E-state index contributed by atoms with van der Waals surface area (Å²) in [5, 5.41) is 3.28. The maximum absolute atomic E-state index is 14.1. The number of carbonyl (C=O) groups is 2. The topological polar surface area (TPSA) is 96.0 Å². The molecule has 0 saturated carbocycles. The fraction of sp³-hybridized carbons (Fsp3) is 0.333. The molecule has 0 spiro atoms. The van der Waals surface area contributed by atoms with E-state index < -0.39 is 28.5 Å². The van der Waals surface area contributed by atoms with Crippen LogP contribution in [-0.2, 0) is 26.2 Å². The molecule has 0 aliphatic carbocycles. The number of nitrogens with zero attached hydrogens (tertiary/aromatic N) is 2. The van der Waals surface area contributed by atoms with E-state index in [1.54, 1.807) is 50.4 Å². The summed E-state index contributed by atoms with van der Waals surface area (Å²) < 4.78 is 34.2. The van der Waals surface area contributed by atoms with Gasteiger partial charge in [-0.3, -0.25) is 13.9 Å². The minimum absolute atomic E-state index is 0.00221. The fourth-order valence-corrected chi connectivity index (χ4v) is 5.91. The number of ether oxygens (including phenoxy) is 1. The monoisotopic (exact) mass is 585 g/mol. The number of hydrogen-bond donors (Lipinski definition) is 1. The minimum Gasteiger partial charge on any atom is -0.497 e. The van der Waals surface area contributed by atoms with Gasteiger partial charge >= 0.3 is 0 Å². The molecule has 0 heterocycles. The maximum Gasteiger partial charge on any atom is 0.264 e. The number of amides is 2. The van der Waals surface area contributed by atoms with Crippen LogP contribution in [0.3, 0.4) is 0 Å². The lowest BCUT2D eigenvalue weighted by atomic mass is 10.1. The second kappa shape index (κ2) is 14.2. The van der Waals surface area contributed by atoms with E-state index in [-0.39, 0.29) is 17.3 Å². The first-order valence-electron chi connectivity index (χ1n) is 13.2. The quantitative estimate of drug-likeness (QED) is 0.298. The Bertz CT molecular complexity index is 1400. The second-order valence-electron chi connectivity index (χ2n) is 9.34.